The first-order valence-electron chi connectivity index (χ1n) is 7.75. The van der Waals surface area contributed by atoms with Gasteiger partial charge in [0.25, 0.3) is 5.91 Å². The lowest BCUT2D eigenvalue weighted by Gasteiger charge is -2.16. The molecule has 8 nitrogen and oxygen atoms in total. The lowest BCUT2D eigenvalue weighted by atomic mass is 10.2. The molecule has 0 fully saturated rings. The number of carbonyl (C=O) groups is 1. The molecule has 0 bridgehead atoms. The summed E-state index contributed by atoms with van der Waals surface area (Å²) in [6, 6.07) is 4.72. The molecule has 0 saturated heterocycles. The zero-order valence-electron chi connectivity index (χ0n) is 14.4. The lowest BCUT2D eigenvalue weighted by molar-refractivity contribution is -0.123. The molecule has 12 heteroatoms. The van der Waals surface area contributed by atoms with Gasteiger partial charge in [-0.1, -0.05) is 18.1 Å². The number of aryl methyl sites for hydroxylation is 1. The average molecular weight is 406 g/mol. The number of amides is 1. The van der Waals surface area contributed by atoms with E-state index in [4.69, 9.17) is 4.52 Å². The van der Waals surface area contributed by atoms with Crippen LogP contribution in [-0.4, -0.2) is 48.5 Å². The number of sulfonamides is 1. The van der Waals surface area contributed by atoms with Crippen molar-refractivity contribution < 1.29 is 30.9 Å². The highest BCUT2D eigenvalue weighted by molar-refractivity contribution is 7.89. The molecule has 1 heterocycles. The molecule has 2 rings (SSSR count). The van der Waals surface area contributed by atoms with Crippen LogP contribution in [0.15, 0.2) is 33.7 Å². The molecule has 1 aromatic heterocycles. The first kappa shape index (κ1) is 20.8. The standard InChI is InChI=1S/C15H17F3N4O4S/c1-3-12-20-13(26-21-12)8-22(2)27(24,25)11-6-4-5-10(7-11)14(23)19-9-15(16,17)18/h4-7H,3,8-9H2,1-2H3,(H,19,23). The van der Waals surface area contributed by atoms with E-state index < -0.39 is 28.7 Å². The molecule has 0 radical (unpaired) electrons. The number of aromatic nitrogens is 2. The highest BCUT2D eigenvalue weighted by atomic mass is 32.2. The van der Waals surface area contributed by atoms with Gasteiger partial charge < -0.3 is 9.84 Å². The maximum absolute atomic E-state index is 12.6. The maximum Gasteiger partial charge on any atom is 0.405 e. The van der Waals surface area contributed by atoms with Gasteiger partial charge in [-0.15, -0.1) is 0 Å². The number of rotatable bonds is 7. The molecule has 0 saturated carbocycles. The second kappa shape index (κ2) is 8.05. The van der Waals surface area contributed by atoms with Crippen molar-refractivity contribution >= 4 is 15.9 Å². The minimum Gasteiger partial charge on any atom is -0.343 e. The Labute approximate surface area is 153 Å². The van der Waals surface area contributed by atoms with Crippen molar-refractivity contribution in [1.29, 1.82) is 0 Å². The monoisotopic (exact) mass is 406 g/mol. The van der Waals surface area contributed by atoms with Gasteiger partial charge in [-0.05, 0) is 18.2 Å². The van der Waals surface area contributed by atoms with E-state index in [-0.39, 0.29) is 22.9 Å². The fourth-order valence-corrected chi connectivity index (χ4v) is 3.20. The Kier molecular flexibility index (Phi) is 6.21. The van der Waals surface area contributed by atoms with Crippen LogP contribution in [-0.2, 0) is 23.0 Å². The Morgan fingerprint density at radius 2 is 2.04 bits per heavy atom. The van der Waals surface area contributed by atoms with Gasteiger partial charge in [-0.3, -0.25) is 4.79 Å². The summed E-state index contributed by atoms with van der Waals surface area (Å²) in [7, 11) is -2.75. The van der Waals surface area contributed by atoms with Crippen LogP contribution in [0, 0.1) is 0 Å². The summed E-state index contributed by atoms with van der Waals surface area (Å²) in [4.78, 5) is 15.6. The molecule has 2 aromatic rings. The van der Waals surface area contributed by atoms with E-state index in [9.17, 15) is 26.4 Å². The van der Waals surface area contributed by atoms with E-state index in [1.54, 1.807) is 5.32 Å². The Bertz CT molecular complexity index is 912. The van der Waals surface area contributed by atoms with Crippen molar-refractivity contribution in [2.75, 3.05) is 13.6 Å². The predicted octanol–water partition coefficient (Wildman–Crippen LogP) is 1.74. The van der Waals surface area contributed by atoms with Crippen LogP contribution in [0.4, 0.5) is 13.2 Å². The highest BCUT2D eigenvalue weighted by Gasteiger charge is 2.28. The van der Waals surface area contributed by atoms with E-state index in [2.05, 4.69) is 10.1 Å². The van der Waals surface area contributed by atoms with Crippen molar-refractivity contribution in [1.82, 2.24) is 19.8 Å². The Hall–Kier alpha value is -2.47. The molecule has 1 amide bonds. The van der Waals surface area contributed by atoms with Crippen molar-refractivity contribution in [2.45, 2.75) is 31.0 Å². The van der Waals surface area contributed by atoms with E-state index in [0.29, 0.717) is 12.2 Å². The van der Waals surface area contributed by atoms with Gasteiger partial charge in [0.2, 0.25) is 15.9 Å². The van der Waals surface area contributed by atoms with Gasteiger partial charge in [-0.25, -0.2) is 8.42 Å². The van der Waals surface area contributed by atoms with E-state index in [1.807, 2.05) is 6.92 Å². The first-order valence-corrected chi connectivity index (χ1v) is 9.19. The second-order valence-electron chi connectivity index (χ2n) is 5.54. The summed E-state index contributed by atoms with van der Waals surface area (Å²) in [6.07, 6.45) is -4.05. The summed E-state index contributed by atoms with van der Waals surface area (Å²) in [6.45, 7) is 0.101. The third kappa shape index (κ3) is 5.50. The van der Waals surface area contributed by atoms with Crippen molar-refractivity contribution in [3.8, 4) is 0 Å². The molecule has 148 valence electrons. The lowest BCUT2D eigenvalue weighted by Crippen LogP contribution is -2.34. The zero-order chi connectivity index (χ0) is 20.2. The van der Waals surface area contributed by atoms with Gasteiger partial charge in [0.15, 0.2) is 5.82 Å². The number of alkyl halides is 3. The average Bonchev–Trinajstić information content (AvgIpc) is 3.06. The fraction of sp³-hybridized carbons (Fsp3) is 0.400. The fourth-order valence-electron chi connectivity index (χ4n) is 2.03. The highest BCUT2D eigenvalue weighted by Crippen LogP contribution is 2.18. The Morgan fingerprint density at radius 1 is 1.33 bits per heavy atom. The summed E-state index contributed by atoms with van der Waals surface area (Å²) in [5, 5.41) is 5.36. The van der Waals surface area contributed by atoms with Crippen molar-refractivity contribution in [3.63, 3.8) is 0 Å². The second-order valence-corrected chi connectivity index (χ2v) is 7.59. The molecule has 27 heavy (non-hydrogen) atoms. The third-order valence-corrected chi connectivity index (χ3v) is 5.24. The number of nitrogens with zero attached hydrogens (tertiary/aromatic N) is 3. The molecule has 0 aliphatic rings. The van der Waals surface area contributed by atoms with Gasteiger partial charge in [0.1, 0.15) is 6.54 Å². The summed E-state index contributed by atoms with van der Waals surface area (Å²) in [5.74, 6) is -0.507. The molecule has 1 N–H and O–H groups in total. The van der Waals surface area contributed by atoms with Crippen LogP contribution in [0.1, 0.15) is 29.0 Å². The molecule has 0 spiro atoms. The summed E-state index contributed by atoms with van der Waals surface area (Å²) in [5.41, 5.74) is -0.209. The van der Waals surface area contributed by atoms with Gasteiger partial charge >= 0.3 is 6.18 Å². The number of carbonyl (C=O) groups excluding carboxylic acids is 1. The number of benzene rings is 1. The van der Waals surface area contributed by atoms with E-state index >= 15 is 0 Å². The third-order valence-electron chi connectivity index (χ3n) is 3.44. The number of hydrogen-bond donors (Lipinski definition) is 1. The minimum atomic E-state index is -4.57. The molecule has 0 unspecified atom stereocenters. The zero-order valence-corrected chi connectivity index (χ0v) is 15.3. The summed E-state index contributed by atoms with van der Waals surface area (Å²) < 4.78 is 67.8. The molecular formula is C15H17F3N4O4S. The van der Waals surface area contributed by atoms with Crippen LogP contribution in [0.3, 0.4) is 0 Å². The summed E-state index contributed by atoms with van der Waals surface area (Å²) >= 11 is 0. The van der Waals surface area contributed by atoms with Crippen LogP contribution < -0.4 is 5.32 Å². The Morgan fingerprint density at radius 3 is 2.63 bits per heavy atom. The molecular weight excluding hydrogens is 389 g/mol. The van der Waals surface area contributed by atoms with Crippen molar-refractivity contribution in [2.24, 2.45) is 0 Å². The maximum atomic E-state index is 12.6. The molecule has 0 aliphatic carbocycles. The van der Waals surface area contributed by atoms with Crippen LogP contribution in [0.5, 0.6) is 0 Å². The molecule has 0 aliphatic heterocycles. The molecule has 0 atom stereocenters. The van der Waals surface area contributed by atoms with E-state index in [0.717, 1.165) is 10.4 Å². The van der Waals surface area contributed by atoms with Gasteiger partial charge in [0.05, 0.1) is 11.4 Å². The van der Waals surface area contributed by atoms with Crippen LogP contribution in [0.2, 0.25) is 0 Å². The van der Waals surface area contributed by atoms with Crippen LogP contribution in [0.25, 0.3) is 0 Å². The number of hydrogen-bond acceptors (Lipinski definition) is 6. The molecule has 1 aromatic carbocycles. The predicted molar refractivity (Wildman–Crippen MR) is 87.2 cm³/mol. The SMILES string of the molecule is CCc1noc(CN(C)S(=O)(=O)c2cccc(C(=O)NCC(F)(F)F)c2)n1. The Balaban J connectivity index is 2.16. The number of nitrogens with one attached hydrogen (secondary N) is 1. The topological polar surface area (TPSA) is 105 Å². The number of halogens is 3. The van der Waals surface area contributed by atoms with Crippen LogP contribution >= 0.6 is 0 Å². The van der Waals surface area contributed by atoms with Crippen molar-refractivity contribution in [3.05, 3.63) is 41.5 Å². The minimum absolute atomic E-state index is 0.0944. The van der Waals surface area contributed by atoms with Gasteiger partial charge in [-0.2, -0.15) is 22.5 Å². The largest absolute Gasteiger partial charge is 0.405 e. The quantitative estimate of drug-likeness (QED) is 0.751. The van der Waals surface area contributed by atoms with E-state index in [1.165, 1.54) is 25.2 Å². The first-order chi connectivity index (χ1) is 12.5. The smallest absolute Gasteiger partial charge is 0.343 e. The normalized spacial score (nSPS) is 12.4. The van der Waals surface area contributed by atoms with Gasteiger partial charge in [0, 0.05) is 19.0 Å².